The van der Waals surface area contributed by atoms with Gasteiger partial charge in [0.1, 0.15) is 0 Å². The lowest BCUT2D eigenvalue weighted by molar-refractivity contribution is -0.0168. The predicted molar refractivity (Wildman–Crippen MR) is 69.3 cm³/mol. The van der Waals surface area contributed by atoms with Gasteiger partial charge in [-0.15, -0.1) is 0 Å². The van der Waals surface area contributed by atoms with E-state index in [2.05, 4.69) is 24.3 Å². The van der Waals surface area contributed by atoms with Gasteiger partial charge in [-0.1, -0.05) is 42.0 Å². The number of hydrogen-bond donors (Lipinski definition) is 2. The van der Waals surface area contributed by atoms with E-state index in [-0.39, 0.29) is 11.8 Å². The van der Waals surface area contributed by atoms with Gasteiger partial charge in [0.05, 0.1) is 12.2 Å². The fourth-order valence-corrected chi connectivity index (χ4v) is 3.92. The summed E-state index contributed by atoms with van der Waals surface area (Å²) >= 11 is 0. The molecule has 92 valence electrons. The van der Waals surface area contributed by atoms with Crippen LogP contribution in [0.25, 0.3) is 0 Å². The monoisotopic (exact) mass is 240 g/mol. The molecule has 2 heteroatoms. The van der Waals surface area contributed by atoms with Gasteiger partial charge >= 0.3 is 0 Å². The van der Waals surface area contributed by atoms with Gasteiger partial charge in [0.2, 0.25) is 0 Å². The molecule has 2 nitrogen and oxygen atoms in total. The number of hydrogen-bond acceptors (Lipinski definition) is 2. The molecular weight excluding hydrogens is 224 g/mol. The van der Waals surface area contributed by atoms with Gasteiger partial charge in [-0.3, -0.25) is 0 Å². The third-order valence-electron chi connectivity index (χ3n) is 4.66. The van der Waals surface area contributed by atoms with Crippen molar-refractivity contribution in [1.82, 2.24) is 0 Å². The zero-order valence-corrected chi connectivity index (χ0v) is 10.1. The van der Waals surface area contributed by atoms with Crippen LogP contribution in [0, 0.1) is 0 Å². The Bertz CT molecular complexity index is 570. The van der Waals surface area contributed by atoms with E-state index in [1.54, 1.807) is 0 Å². The second-order valence-electron chi connectivity index (χ2n) is 5.49. The summed E-state index contributed by atoms with van der Waals surface area (Å²) < 4.78 is 0. The first-order valence-electron chi connectivity index (χ1n) is 6.63. The molecule has 4 aliphatic rings. The highest BCUT2D eigenvalue weighted by Crippen LogP contribution is 2.54. The maximum absolute atomic E-state index is 10.3. The second kappa shape index (κ2) is 3.56. The van der Waals surface area contributed by atoms with Gasteiger partial charge in [-0.05, 0) is 29.5 Å². The fourth-order valence-electron chi connectivity index (χ4n) is 3.92. The van der Waals surface area contributed by atoms with Gasteiger partial charge in [0, 0.05) is 11.8 Å². The van der Waals surface area contributed by atoms with Gasteiger partial charge in [-0.2, -0.15) is 0 Å². The van der Waals surface area contributed by atoms with Crippen LogP contribution >= 0.6 is 0 Å². The smallest absolute Gasteiger partial charge is 0.0917 e. The number of benzene rings is 1. The van der Waals surface area contributed by atoms with E-state index in [0.717, 1.165) is 12.8 Å². The Balaban J connectivity index is 2.00. The van der Waals surface area contributed by atoms with E-state index in [4.69, 9.17) is 0 Å². The molecule has 18 heavy (non-hydrogen) atoms. The molecule has 4 aliphatic carbocycles. The average molecular weight is 240 g/mol. The Morgan fingerprint density at radius 3 is 2.39 bits per heavy atom. The summed E-state index contributed by atoms with van der Waals surface area (Å²) in [5, 5.41) is 20.7. The van der Waals surface area contributed by atoms with Gasteiger partial charge in [0.25, 0.3) is 0 Å². The number of fused-ring (bicyclic) bond motifs is 1. The van der Waals surface area contributed by atoms with Crippen LogP contribution in [0.5, 0.6) is 0 Å². The molecular formula is C16H16O2. The molecule has 2 N–H and O–H groups in total. The van der Waals surface area contributed by atoms with Crippen LogP contribution in [0.4, 0.5) is 0 Å². The zero-order chi connectivity index (χ0) is 12.3. The Morgan fingerprint density at radius 1 is 0.944 bits per heavy atom. The summed E-state index contributed by atoms with van der Waals surface area (Å²) in [5.41, 5.74) is 5.02. The third-order valence-corrected chi connectivity index (χ3v) is 4.66. The number of aliphatic hydroxyl groups is 2. The topological polar surface area (TPSA) is 40.5 Å². The molecule has 0 spiro atoms. The summed E-state index contributed by atoms with van der Waals surface area (Å²) in [6, 6.07) is 8.24. The molecule has 4 unspecified atom stereocenters. The van der Waals surface area contributed by atoms with Crippen molar-refractivity contribution in [2.45, 2.75) is 36.9 Å². The number of allylic oxidation sites excluding steroid dienone is 2. The summed E-state index contributed by atoms with van der Waals surface area (Å²) in [4.78, 5) is 0. The summed E-state index contributed by atoms with van der Waals surface area (Å²) in [6.07, 6.45) is 5.10. The first-order chi connectivity index (χ1) is 8.79. The number of rotatable bonds is 0. The minimum atomic E-state index is -0.661. The highest BCUT2D eigenvalue weighted by molar-refractivity contribution is 5.57. The Kier molecular flexibility index (Phi) is 2.08. The van der Waals surface area contributed by atoms with Gasteiger partial charge in [0.15, 0.2) is 0 Å². The van der Waals surface area contributed by atoms with Crippen LogP contribution in [0.2, 0.25) is 0 Å². The van der Waals surface area contributed by atoms with Crippen molar-refractivity contribution >= 4 is 0 Å². The maximum Gasteiger partial charge on any atom is 0.0917 e. The van der Waals surface area contributed by atoms with Crippen LogP contribution < -0.4 is 0 Å². The Morgan fingerprint density at radius 2 is 1.61 bits per heavy atom. The lowest BCUT2D eigenvalue weighted by Crippen LogP contribution is -2.47. The van der Waals surface area contributed by atoms with E-state index in [9.17, 15) is 10.2 Å². The average Bonchev–Trinajstić information content (AvgIpc) is 2.42. The van der Waals surface area contributed by atoms with Crippen molar-refractivity contribution in [3.8, 4) is 0 Å². The zero-order valence-electron chi connectivity index (χ0n) is 10.1. The molecule has 1 aromatic carbocycles. The second-order valence-corrected chi connectivity index (χ2v) is 5.49. The summed E-state index contributed by atoms with van der Waals surface area (Å²) in [6.45, 7) is 0. The fraction of sp³-hybridized carbons (Fsp3) is 0.375. The van der Waals surface area contributed by atoms with E-state index < -0.39 is 12.2 Å². The Hall–Kier alpha value is -1.38. The highest BCUT2D eigenvalue weighted by atomic mass is 16.3. The SMILES string of the molecule is OC1C2C3=C(CCC=C3)C(c3ccccc32)C1O. The summed E-state index contributed by atoms with van der Waals surface area (Å²) in [7, 11) is 0. The standard InChI is InChI=1S/C16H16O2/c17-15-13-9-5-1-2-6-10(9)14(16(15)18)12-8-4-3-7-11(12)13/h1-3,5-7,13-18H,4,8H2. The molecule has 0 saturated heterocycles. The van der Waals surface area contributed by atoms with Crippen LogP contribution in [0.15, 0.2) is 47.6 Å². The molecule has 1 aromatic rings. The van der Waals surface area contributed by atoms with Crippen LogP contribution in [0.1, 0.15) is 35.8 Å². The predicted octanol–water partition coefficient (Wildman–Crippen LogP) is 2.25. The van der Waals surface area contributed by atoms with Crippen molar-refractivity contribution in [3.63, 3.8) is 0 Å². The molecule has 4 atom stereocenters. The highest BCUT2D eigenvalue weighted by Gasteiger charge is 2.49. The molecule has 0 radical (unpaired) electrons. The number of aliphatic hydroxyl groups excluding tert-OH is 2. The van der Waals surface area contributed by atoms with Crippen molar-refractivity contribution in [3.05, 3.63) is 58.7 Å². The van der Waals surface area contributed by atoms with Gasteiger partial charge < -0.3 is 10.2 Å². The molecule has 0 fully saturated rings. The normalized spacial score (nSPS) is 36.6. The largest absolute Gasteiger partial charge is 0.389 e. The molecule has 0 aliphatic heterocycles. The first-order valence-corrected chi connectivity index (χ1v) is 6.63. The first kappa shape index (κ1) is 10.5. The molecule has 2 bridgehead atoms. The minimum absolute atomic E-state index is 0.00106. The molecule has 5 rings (SSSR count). The van der Waals surface area contributed by atoms with Crippen LogP contribution in [-0.4, -0.2) is 22.4 Å². The van der Waals surface area contributed by atoms with Gasteiger partial charge in [-0.25, -0.2) is 0 Å². The van der Waals surface area contributed by atoms with E-state index in [0.29, 0.717) is 0 Å². The van der Waals surface area contributed by atoms with E-state index in [1.165, 1.54) is 22.3 Å². The van der Waals surface area contributed by atoms with Crippen molar-refractivity contribution in [2.75, 3.05) is 0 Å². The van der Waals surface area contributed by atoms with Crippen molar-refractivity contribution in [1.29, 1.82) is 0 Å². The maximum atomic E-state index is 10.3. The van der Waals surface area contributed by atoms with Crippen molar-refractivity contribution < 1.29 is 10.2 Å². The molecule has 0 amide bonds. The van der Waals surface area contributed by atoms with E-state index >= 15 is 0 Å². The van der Waals surface area contributed by atoms with E-state index in [1.807, 2.05) is 12.1 Å². The summed E-state index contributed by atoms with van der Waals surface area (Å²) in [5.74, 6) is -0.0334. The van der Waals surface area contributed by atoms with Crippen molar-refractivity contribution in [2.24, 2.45) is 0 Å². The lowest BCUT2D eigenvalue weighted by atomic mass is 9.59. The molecule has 0 aromatic heterocycles. The third kappa shape index (κ3) is 1.15. The molecule has 0 saturated carbocycles. The lowest BCUT2D eigenvalue weighted by Gasteiger charge is -2.48. The van der Waals surface area contributed by atoms with Crippen LogP contribution in [-0.2, 0) is 0 Å². The van der Waals surface area contributed by atoms with Crippen LogP contribution in [0.3, 0.4) is 0 Å². The minimum Gasteiger partial charge on any atom is -0.389 e. The Labute approximate surface area is 106 Å². The molecule has 0 heterocycles. The quantitative estimate of drug-likeness (QED) is 0.730.